The summed E-state index contributed by atoms with van der Waals surface area (Å²) >= 11 is 0. The Kier molecular flexibility index (Phi) is 4.56. The highest BCUT2D eigenvalue weighted by atomic mass is 16.5. The number of aliphatic imine (C=N–C) groups is 1. The topological polar surface area (TPSA) is 84.8 Å². The van der Waals surface area contributed by atoms with E-state index in [4.69, 9.17) is 0 Å². The van der Waals surface area contributed by atoms with Gasteiger partial charge in [0, 0.05) is 13.3 Å². The van der Waals surface area contributed by atoms with Crippen molar-refractivity contribution >= 4 is 23.5 Å². The molecule has 1 amide bonds. The smallest absolute Gasteiger partial charge is 0.381 e. The lowest BCUT2D eigenvalue weighted by molar-refractivity contribution is -0.151. The second-order valence-electron chi connectivity index (χ2n) is 3.42. The van der Waals surface area contributed by atoms with Crippen LogP contribution in [0.4, 0.5) is 0 Å². The van der Waals surface area contributed by atoms with Crippen LogP contribution >= 0.6 is 0 Å². The Labute approximate surface area is 98.7 Å². The zero-order chi connectivity index (χ0) is 12.8. The number of ketones is 1. The summed E-state index contributed by atoms with van der Waals surface area (Å²) < 4.78 is 4.59. The minimum absolute atomic E-state index is 0.0263. The molecule has 0 bridgehead atoms. The van der Waals surface area contributed by atoms with Gasteiger partial charge in [-0.2, -0.15) is 0 Å². The molecule has 0 unspecified atom stereocenters. The Balaban J connectivity index is 2.74. The molecule has 1 aliphatic heterocycles. The van der Waals surface area contributed by atoms with Gasteiger partial charge in [-0.1, -0.05) is 6.08 Å². The summed E-state index contributed by atoms with van der Waals surface area (Å²) in [4.78, 5) is 37.5. The van der Waals surface area contributed by atoms with E-state index in [1.807, 2.05) is 0 Å². The van der Waals surface area contributed by atoms with E-state index in [-0.39, 0.29) is 18.2 Å². The molecule has 6 nitrogen and oxygen atoms in total. The zero-order valence-electron chi connectivity index (χ0n) is 9.78. The second kappa shape index (κ2) is 5.93. The summed E-state index contributed by atoms with van der Waals surface area (Å²) in [6.45, 7) is 3.11. The molecule has 1 aliphatic rings. The minimum atomic E-state index is -0.924. The van der Waals surface area contributed by atoms with Crippen molar-refractivity contribution in [2.45, 2.75) is 26.7 Å². The number of amidine groups is 1. The molecule has 0 atom stereocenters. The van der Waals surface area contributed by atoms with Crippen molar-refractivity contribution in [1.82, 2.24) is 5.32 Å². The Morgan fingerprint density at radius 1 is 1.47 bits per heavy atom. The Bertz CT molecular complexity index is 410. The van der Waals surface area contributed by atoms with Crippen LogP contribution in [-0.2, 0) is 19.1 Å². The van der Waals surface area contributed by atoms with Crippen LogP contribution in [0, 0.1) is 0 Å². The molecule has 1 rings (SSSR count). The van der Waals surface area contributed by atoms with Crippen molar-refractivity contribution in [2.24, 2.45) is 4.99 Å². The van der Waals surface area contributed by atoms with Crippen LogP contribution in [0.5, 0.6) is 0 Å². The standard InChI is InChI=1S/C11H14N2O4/c1-3-17-11(16)10(15)8-5-4-6-9(13-8)12-7(2)14/h5H,3-4,6H2,1-2H3,(H,12,13,14). The normalized spacial score (nSPS) is 14.5. The van der Waals surface area contributed by atoms with Gasteiger partial charge in [0.2, 0.25) is 5.91 Å². The second-order valence-corrected chi connectivity index (χ2v) is 3.42. The summed E-state index contributed by atoms with van der Waals surface area (Å²) in [5.41, 5.74) is 0.0263. The molecule has 0 saturated heterocycles. The largest absolute Gasteiger partial charge is 0.460 e. The maximum atomic E-state index is 11.6. The highest BCUT2D eigenvalue weighted by Gasteiger charge is 2.22. The summed E-state index contributed by atoms with van der Waals surface area (Å²) in [5.74, 6) is -1.57. The zero-order valence-corrected chi connectivity index (χ0v) is 9.78. The number of amides is 1. The van der Waals surface area contributed by atoms with Crippen molar-refractivity contribution in [3.63, 3.8) is 0 Å². The lowest BCUT2D eigenvalue weighted by Crippen LogP contribution is -2.30. The van der Waals surface area contributed by atoms with Crippen molar-refractivity contribution in [1.29, 1.82) is 0 Å². The highest BCUT2D eigenvalue weighted by molar-refractivity contribution is 6.40. The Morgan fingerprint density at radius 3 is 2.76 bits per heavy atom. The molecule has 0 aliphatic carbocycles. The third kappa shape index (κ3) is 3.82. The number of hydrogen-bond acceptors (Lipinski definition) is 5. The van der Waals surface area contributed by atoms with Gasteiger partial charge in [0.25, 0.3) is 5.78 Å². The van der Waals surface area contributed by atoms with Crippen LogP contribution in [0.15, 0.2) is 16.8 Å². The van der Waals surface area contributed by atoms with Crippen LogP contribution in [0.25, 0.3) is 0 Å². The van der Waals surface area contributed by atoms with Crippen LogP contribution in [0.2, 0.25) is 0 Å². The molecule has 92 valence electrons. The molecular weight excluding hydrogens is 224 g/mol. The van der Waals surface area contributed by atoms with Gasteiger partial charge in [-0.05, 0) is 13.3 Å². The van der Waals surface area contributed by atoms with Crippen LogP contribution in [-0.4, -0.2) is 30.1 Å². The van der Waals surface area contributed by atoms with Gasteiger partial charge in [0.15, 0.2) is 0 Å². The van der Waals surface area contributed by atoms with E-state index in [9.17, 15) is 14.4 Å². The van der Waals surface area contributed by atoms with Gasteiger partial charge in [-0.25, -0.2) is 9.79 Å². The van der Waals surface area contributed by atoms with E-state index in [0.29, 0.717) is 18.7 Å². The molecule has 0 saturated carbocycles. The van der Waals surface area contributed by atoms with E-state index in [0.717, 1.165) is 0 Å². The summed E-state index contributed by atoms with van der Waals surface area (Å²) in [7, 11) is 0. The third-order valence-electron chi connectivity index (χ3n) is 1.99. The predicted octanol–water partition coefficient (Wildman–Crippen LogP) is 0.331. The fourth-order valence-corrected chi connectivity index (χ4v) is 1.33. The van der Waals surface area contributed by atoms with Crippen molar-refractivity contribution in [2.75, 3.05) is 6.61 Å². The molecule has 0 radical (unpaired) electrons. The first-order valence-electron chi connectivity index (χ1n) is 5.31. The number of nitrogens with one attached hydrogen (secondary N) is 1. The third-order valence-corrected chi connectivity index (χ3v) is 1.99. The number of carbonyl (C=O) groups is 3. The lowest BCUT2D eigenvalue weighted by Gasteiger charge is -2.11. The van der Waals surface area contributed by atoms with E-state index < -0.39 is 11.8 Å². The molecular formula is C11H14N2O4. The first kappa shape index (κ1) is 13.1. The monoisotopic (exact) mass is 238 g/mol. The number of allylic oxidation sites excluding steroid dienone is 1. The SMILES string of the molecule is CCOC(=O)C(=O)C1=CCCC(NC(C)=O)=N1. The van der Waals surface area contributed by atoms with E-state index in [1.165, 1.54) is 6.92 Å². The number of ether oxygens (including phenoxy) is 1. The lowest BCUT2D eigenvalue weighted by atomic mass is 10.1. The van der Waals surface area contributed by atoms with E-state index in [1.54, 1.807) is 13.0 Å². The van der Waals surface area contributed by atoms with Crippen molar-refractivity contribution < 1.29 is 19.1 Å². The number of esters is 1. The fraction of sp³-hybridized carbons (Fsp3) is 0.455. The quantitative estimate of drug-likeness (QED) is 0.567. The maximum Gasteiger partial charge on any atom is 0.381 e. The molecule has 0 fully saturated rings. The molecule has 1 heterocycles. The van der Waals surface area contributed by atoms with Gasteiger partial charge in [-0.15, -0.1) is 0 Å². The Hall–Kier alpha value is -1.98. The average molecular weight is 238 g/mol. The van der Waals surface area contributed by atoms with Gasteiger partial charge < -0.3 is 10.1 Å². The predicted molar refractivity (Wildman–Crippen MR) is 60.2 cm³/mol. The van der Waals surface area contributed by atoms with Crippen LogP contribution in [0.1, 0.15) is 26.7 Å². The molecule has 17 heavy (non-hydrogen) atoms. The fourth-order valence-electron chi connectivity index (χ4n) is 1.33. The highest BCUT2D eigenvalue weighted by Crippen LogP contribution is 2.11. The summed E-state index contributed by atoms with van der Waals surface area (Å²) in [6, 6.07) is 0. The average Bonchev–Trinajstić information content (AvgIpc) is 2.28. The maximum absolute atomic E-state index is 11.6. The number of rotatable bonds is 3. The first-order valence-corrected chi connectivity index (χ1v) is 5.31. The summed E-state index contributed by atoms with van der Waals surface area (Å²) in [6.07, 6.45) is 2.66. The minimum Gasteiger partial charge on any atom is -0.460 e. The first-order chi connectivity index (χ1) is 8.04. The molecule has 1 N–H and O–H groups in total. The molecule has 0 spiro atoms. The number of hydrogen-bond donors (Lipinski definition) is 1. The Morgan fingerprint density at radius 2 is 2.18 bits per heavy atom. The molecule has 6 heteroatoms. The van der Waals surface area contributed by atoms with Crippen molar-refractivity contribution in [3.8, 4) is 0 Å². The van der Waals surface area contributed by atoms with E-state index >= 15 is 0 Å². The van der Waals surface area contributed by atoms with Crippen LogP contribution in [0.3, 0.4) is 0 Å². The molecule has 0 aromatic carbocycles. The van der Waals surface area contributed by atoms with Gasteiger partial charge in [-0.3, -0.25) is 9.59 Å². The van der Waals surface area contributed by atoms with Gasteiger partial charge in [0.1, 0.15) is 11.5 Å². The van der Waals surface area contributed by atoms with Gasteiger partial charge >= 0.3 is 5.97 Å². The molecule has 0 aromatic rings. The van der Waals surface area contributed by atoms with Crippen LogP contribution < -0.4 is 5.32 Å². The molecule has 0 aromatic heterocycles. The van der Waals surface area contributed by atoms with Gasteiger partial charge in [0.05, 0.1) is 6.61 Å². The summed E-state index contributed by atoms with van der Waals surface area (Å²) in [5, 5.41) is 2.50. The van der Waals surface area contributed by atoms with Crippen molar-refractivity contribution in [3.05, 3.63) is 11.8 Å². The number of carbonyl (C=O) groups excluding carboxylic acids is 3. The van der Waals surface area contributed by atoms with E-state index in [2.05, 4.69) is 15.0 Å². The number of Topliss-reactive ketones (excluding diaryl/α,β-unsaturated/α-hetero) is 1. The number of nitrogens with zero attached hydrogens (tertiary/aromatic N) is 1.